The van der Waals surface area contributed by atoms with Crippen LogP contribution < -0.4 is 4.74 Å². The molecule has 0 bridgehead atoms. The molecular weight excluding hydrogens is 342 g/mol. The van der Waals surface area contributed by atoms with Crippen molar-refractivity contribution in [1.82, 2.24) is 15.0 Å². The summed E-state index contributed by atoms with van der Waals surface area (Å²) in [5.41, 5.74) is 1.84. The van der Waals surface area contributed by atoms with Gasteiger partial charge in [0.05, 0.1) is 0 Å². The predicted molar refractivity (Wildman–Crippen MR) is 102 cm³/mol. The van der Waals surface area contributed by atoms with Gasteiger partial charge in [-0.1, -0.05) is 59.8 Å². The zero-order chi connectivity index (χ0) is 19.1. The molecule has 3 aromatic rings. The van der Waals surface area contributed by atoms with Crippen molar-refractivity contribution in [3.63, 3.8) is 0 Å². The molecule has 6 heteroatoms. The topological polar surface area (TPSA) is 68.5 Å². The normalized spacial score (nSPS) is 10.4. The number of aryl methyl sites for hydroxylation is 1. The average molecular weight is 363 g/mol. The third-order valence-electron chi connectivity index (χ3n) is 3.97. The predicted octanol–water partition coefficient (Wildman–Crippen LogP) is 3.64. The summed E-state index contributed by atoms with van der Waals surface area (Å²) in [6.45, 7) is 6.13. The molecule has 0 atom stereocenters. The molecule has 0 spiro atoms. The van der Waals surface area contributed by atoms with E-state index >= 15 is 0 Å². The minimum absolute atomic E-state index is 0.0711. The molecule has 0 saturated carbocycles. The van der Waals surface area contributed by atoms with Gasteiger partial charge in [-0.3, -0.25) is 4.79 Å². The van der Waals surface area contributed by atoms with Crippen LogP contribution in [0.25, 0.3) is 11.4 Å². The van der Waals surface area contributed by atoms with Crippen molar-refractivity contribution in [3.8, 4) is 17.1 Å². The Balaban J connectivity index is 1.65. The molecule has 0 aliphatic rings. The van der Waals surface area contributed by atoms with Gasteiger partial charge in [0.15, 0.2) is 6.61 Å². The molecular formula is C21H21N3O3. The molecule has 1 heterocycles. The number of nitrogens with zero attached hydrogens (tertiary/aromatic N) is 3. The van der Waals surface area contributed by atoms with Gasteiger partial charge in [-0.25, -0.2) is 0 Å². The number of benzene rings is 2. The maximum Gasteiger partial charge on any atom is 0.261 e. The smallest absolute Gasteiger partial charge is 0.261 e. The third-order valence-corrected chi connectivity index (χ3v) is 3.97. The molecule has 3 rings (SSSR count). The monoisotopic (exact) mass is 363 g/mol. The molecule has 0 aliphatic heterocycles. The zero-order valence-corrected chi connectivity index (χ0v) is 15.2. The molecule has 0 fully saturated rings. The summed E-state index contributed by atoms with van der Waals surface area (Å²) in [4.78, 5) is 18.5. The molecule has 0 saturated heterocycles. The Bertz CT molecular complexity index is 906. The Hall–Kier alpha value is -3.41. The second-order valence-electron chi connectivity index (χ2n) is 5.99. The van der Waals surface area contributed by atoms with Gasteiger partial charge in [0, 0.05) is 12.1 Å². The van der Waals surface area contributed by atoms with Crippen LogP contribution in [-0.4, -0.2) is 34.1 Å². The highest BCUT2D eigenvalue weighted by Crippen LogP contribution is 2.17. The van der Waals surface area contributed by atoms with Crippen molar-refractivity contribution >= 4 is 5.91 Å². The van der Waals surface area contributed by atoms with Gasteiger partial charge in [-0.2, -0.15) is 4.98 Å². The van der Waals surface area contributed by atoms with Gasteiger partial charge in [-0.05, 0) is 18.6 Å². The molecule has 1 amide bonds. The summed E-state index contributed by atoms with van der Waals surface area (Å²) < 4.78 is 10.9. The largest absolute Gasteiger partial charge is 0.484 e. The Morgan fingerprint density at radius 1 is 1.19 bits per heavy atom. The fraction of sp³-hybridized carbons (Fsp3) is 0.190. The number of hydrogen-bond acceptors (Lipinski definition) is 5. The van der Waals surface area contributed by atoms with Gasteiger partial charge in [-0.15, -0.1) is 6.58 Å². The molecule has 0 radical (unpaired) electrons. The van der Waals surface area contributed by atoms with Gasteiger partial charge in [0.2, 0.25) is 11.7 Å². The van der Waals surface area contributed by atoms with Crippen LogP contribution in [0.4, 0.5) is 0 Å². The number of rotatable bonds is 8. The fourth-order valence-corrected chi connectivity index (χ4v) is 2.55. The highest BCUT2D eigenvalue weighted by molar-refractivity contribution is 5.78. The maximum atomic E-state index is 12.6. The molecule has 0 aliphatic carbocycles. The van der Waals surface area contributed by atoms with Crippen LogP contribution in [0, 0.1) is 6.92 Å². The second-order valence-corrected chi connectivity index (χ2v) is 5.99. The van der Waals surface area contributed by atoms with Crippen molar-refractivity contribution in [3.05, 3.63) is 78.7 Å². The number of carbonyl (C=O) groups excluding carboxylic acids is 1. The van der Waals surface area contributed by atoms with Crippen LogP contribution in [0.1, 0.15) is 11.5 Å². The van der Waals surface area contributed by atoms with Crippen LogP contribution in [0.15, 0.2) is 71.8 Å². The Labute approximate surface area is 158 Å². The lowest BCUT2D eigenvalue weighted by molar-refractivity contribution is -0.133. The van der Waals surface area contributed by atoms with Gasteiger partial charge in [0.25, 0.3) is 5.91 Å². The number of carbonyl (C=O) groups is 1. The first kappa shape index (κ1) is 18.4. The lowest BCUT2D eigenvalue weighted by Gasteiger charge is -2.19. The van der Waals surface area contributed by atoms with Crippen molar-refractivity contribution in [2.45, 2.75) is 13.5 Å². The van der Waals surface area contributed by atoms with E-state index < -0.39 is 0 Å². The van der Waals surface area contributed by atoms with Crippen molar-refractivity contribution < 1.29 is 14.1 Å². The van der Waals surface area contributed by atoms with Crippen molar-refractivity contribution in [1.29, 1.82) is 0 Å². The first-order valence-electron chi connectivity index (χ1n) is 8.62. The van der Waals surface area contributed by atoms with E-state index in [1.54, 1.807) is 11.0 Å². The van der Waals surface area contributed by atoms with E-state index in [2.05, 4.69) is 16.7 Å². The lowest BCUT2D eigenvalue weighted by Crippen LogP contribution is -2.34. The SMILES string of the molecule is C=CCN(Cc1nc(-c2ccccc2)no1)C(=O)COc1ccccc1C. The first-order valence-corrected chi connectivity index (χ1v) is 8.62. The summed E-state index contributed by atoms with van der Waals surface area (Å²) >= 11 is 0. The van der Waals surface area contributed by atoms with E-state index in [1.807, 2.05) is 61.5 Å². The second kappa shape index (κ2) is 8.80. The Morgan fingerprint density at radius 3 is 2.67 bits per heavy atom. The van der Waals surface area contributed by atoms with Crippen molar-refractivity contribution in [2.75, 3.05) is 13.2 Å². The molecule has 1 aromatic heterocycles. The lowest BCUT2D eigenvalue weighted by atomic mass is 10.2. The number of para-hydroxylation sites is 1. The van der Waals surface area contributed by atoms with Crippen LogP contribution in [0.5, 0.6) is 5.75 Å². The fourth-order valence-electron chi connectivity index (χ4n) is 2.55. The van der Waals surface area contributed by atoms with Crippen molar-refractivity contribution in [2.24, 2.45) is 0 Å². The molecule has 138 valence electrons. The maximum absolute atomic E-state index is 12.6. The third kappa shape index (κ3) is 4.82. The number of ether oxygens (including phenoxy) is 1. The van der Waals surface area contributed by atoms with E-state index in [4.69, 9.17) is 9.26 Å². The molecule has 2 aromatic carbocycles. The molecule has 27 heavy (non-hydrogen) atoms. The van der Waals surface area contributed by atoms with E-state index in [0.717, 1.165) is 11.1 Å². The number of hydrogen-bond donors (Lipinski definition) is 0. The minimum Gasteiger partial charge on any atom is -0.484 e. The highest BCUT2D eigenvalue weighted by Gasteiger charge is 2.18. The van der Waals surface area contributed by atoms with Crippen LogP contribution in [-0.2, 0) is 11.3 Å². The van der Waals surface area contributed by atoms with Gasteiger partial charge < -0.3 is 14.2 Å². The van der Waals surface area contributed by atoms with E-state index in [-0.39, 0.29) is 19.1 Å². The molecule has 6 nitrogen and oxygen atoms in total. The summed E-state index contributed by atoms with van der Waals surface area (Å²) in [7, 11) is 0. The zero-order valence-electron chi connectivity index (χ0n) is 15.2. The molecule has 0 N–H and O–H groups in total. The van der Waals surface area contributed by atoms with Crippen LogP contribution in [0.2, 0.25) is 0 Å². The molecule has 0 unspecified atom stereocenters. The average Bonchev–Trinajstić information content (AvgIpc) is 3.16. The summed E-state index contributed by atoms with van der Waals surface area (Å²) in [6.07, 6.45) is 1.65. The standard InChI is InChI=1S/C21H21N3O3/c1-3-13-24(20(25)15-26-18-12-8-7-9-16(18)2)14-19-22-21(23-27-19)17-10-5-4-6-11-17/h3-12H,1,13-15H2,2H3. The summed E-state index contributed by atoms with van der Waals surface area (Å²) in [5, 5.41) is 3.98. The first-order chi connectivity index (χ1) is 13.2. The summed E-state index contributed by atoms with van der Waals surface area (Å²) in [6, 6.07) is 17.1. The quantitative estimate of drug-likeness (QED) is 0.572. The summed E-state index contributed by atoms with van der Waals surface area (Å²) in [5.74, 6) is 1.36. The van der Waals surface area contributed by atoms with E-state index in [9.17, 15) is 4.79 Å². The van der Waals surface area contributed by atoms with Gasteiger partial charge >= 0.3 is 0 Å². The number of aromatic nitrogens is 2. The highest BCUT2D eigenvalue weighted by atomic mass is 16.5. The van der Waals surface area contributed by atoms with Crippen LogP contribution >= 0.6 is 0 Å². The minimum atomic E-state index is -0.183. The van der Waals surface area contributed by atoms with Gasteiger partial charge in [0.1, 0.15) is 12.3 Å². The van der Waals surface area contributed by atoms with Crippen LogP contribution in [0.3, 0.4) is 0 Å². The number of amides is 1. The Kier molecular flexibility index (Phi) is 5.99. The Morgan fingerprint density at radius 2 is 1.93 bits per heavy atom. The van der Waals surface area contributed by atoms with E-state index in [0.29, 0.717) is 24.0 Å². The van der Waals surface area contributed by atoms with E-state index in [1.165, 1.54) is 0 Å².